The predicted octanol–water partition coefficient (Wildman–Crippen LogP) is 3.67. The molecule has 0 aliphatic heterocycles. The van der Waals surface area contributed by atoms with Crippen molar-refractivity contribution in [3.8, 4) is 0 Å². The van der Waals surface area contributed by atoms with Gasteiger partial charge in [0, 0.05) is 23.2 Å². The van der Waals surface area contributed by atoms with Gasteiger partial charge in [-0.1, -0.05) is 18.2 Å². The molecule has 0 aliphatic carbocycles. The summed E-state index contributed by atoms with van der Waals surface area (Å²) >= 11 is 1.58. The molecule has 162 valence electrons. The highest BCUT2D eigenvalue weighted by Gasteiger charge is 2.17. The second-order valence-electron chi connectivity index (χ2n) is 7.00. The molecule has 1 heterocycles. The van der Waals surface area contributed by atoms with E-state index in [1.807, 2.05) is 17.5 Å². The van der Waals surface area contributed by atoms with Crippen LogP contribution in [0.2, 0.25) is 0 Å². The van der Waals surface area contributed by atoms with Gasteiger partial charge in [-0.3, -0.25) is 14.3 Å². The Bertz CT molecular complexity index is 1170. The quantitative estimate of drug-likeness (QED) is 0.480. The molecule has 3 rings (SSSR count). The molecule has 2 aromatic carbocycles. The molecule has 0 atom stereocenters. The number of nitrogens with one attached hydrogen (secondary N) is 3. The van der Waals surface area contributed by atoms with E-state index >= 15 is 0 Å². The largest absolute Gasteiger partial charge is 0.351 e. The van der Waals surface area contributed by atoms with Gasteiger partial charge in [0.2, 0.25) is 11.8 Å². The molecule has 0 saturated carbocycles. The number of hydrogen-bond donors (Lipinski definition) is 3. The Balaban J connectivity index is 1.62. The molecule has 3 N–H and O–H groups in total. The Morgan fingerprint density at radius 1 is 1.00 bits per heavy atom. The summed E-state index contributed by atoms with van der Waals surface area (Å²) in [4.78, 5) is 24.5. The van der Waals surface area contributed by atoms with Crippen LogP contribution in [-0.2, 0) is 32.6 Å². The van der Waals surface area contributed by atoms with E-state index in [0.29, 0.717) is 23.5 Å². The molecule has 0 unspecified atom stereocenters. The van der Waals surface area contributed by atoms with Crippen LogP contribution in [0.4, 0.5) is 11.4 Å². The summed E-state index contributed by atoms with van der Waals surface area (Å²) in [6, 6.07) is 15.2. The first-order chi connectivity index (χ1) is 14.7. The summed E-state index contributed by atoms with van der Waals surface area (Å²) < 4.78 is 28.1. The van der Waals surface area contributed by atoms with E-state index < -0.39 is 10.0 Å². The van der Waals surface area contributed by atoms with Crippen LogP contribution >= 0.6 is 11.3 Å². The average molecular weight is 458 g/mol. The molecule has 1 aromatic heterocycles. The Labute approximate surface area is 185 Å². The van der Waals surface area contributed by atoms with E-state index in [4.69, 9.17) is 0 Å². The lowest BCUT2D eigenvalue weighted by Crippen LogP contribution is -2.24. The third-order valence-corrected chi connectivity index (χ3v) is 6.81. The highest BCUT2D eigenvalue weighted by Crippen LogP contribution is 2.23. The fourth-order valence-corrected chi connectivity index (χ4v) is 4.91. The van der Waals surface area contributed by atoms with Gasteiger partial charge in [0.1, 0.15) is 0 Å². The maximum atomic E-state index is 12.8. The van der Waals surface area contributed by atoms with E-state index in [1.54, 1.807) is 54.7 Å². The number of rotatable bonds is 8. The Hall–Kier alpha value is -3.17. The van der Waals surface area contributed by atoms with Gasteiger partial charge in [-0.05, 0) is 59.8 Å². The summed E-state index contributed by atoms with van der Waals surface area (Å²) in [5.41, 5.74) is 2.22. The van der Waals surface area contributed by atoms with Crippen molar-refractivity contribution in [1.82, 2.24) is 5.32 Å². The van der Waals surface area contributed by atoms with Crippen LogP contribution in [0.5, 0.6) is 0 Å². The number of carbonyl (C=O) groups excluding carboxylic acids is 2. The molecule has 3 aromatic rings. The molecule has 31 heavy (non-hydrogen) atoms. The van der Waals surface area contributed by atoms with Crippen LogP contribution in [0, 0.1) is 6.92 Å². The number of aryl methyl sites for hydroxylation is 1. The van der Waals surface area contributed by atoms with Crippen molar-refractivity contribution in [1.29, 1.82) is 0 Å². The average Bonchev–Trinajstić information content (AvgIpc) is 3.21. The zero-order chi connectivity index (χ0) is 22.4. The second kappa shape index (κ2) is 9.76. The van der Waals surface area contributed by atoms with E-state index in [0.717, 1.165) is 10.4 Å². The molecular formula is C22H23N3O4S2. The van der Waals surface area contributed by atoms with Gasteiger partial charge in [-0.2, -0.15) is 0 Å². The molecule has 0 bridgehead atoms. The number of hydrogen-bond acceptors (Lipinski definition) is 5. The Morgan fingerprint density at radius 2 is 1.71 bits per heavy atom. The van der Waals surface area contributed by atoms with Crippen molar-refractivity contribution in [2.24, 2.45) is 0 Å². The summed E-state index contributed by atoms with van der Waals surface area (Å²) in [5.74, 6) is -0.329. The van der Waals surface area contributed by atoms with Crippen LogP contribution in [-0.4, -0.2) is 20.2 Å². The second-order valence-corrected chi connectivity index (χ2v) is 9.68. The summed E-state index contributed by atoms with van der Waals surface area (Å²) in [5, 5.41) is 7.45. The SMILES string of the molecule is CC(=O)Nc1ccc(S(=O)(=O)Nc2ccc(CC(=O)NCc3cccs3)cc2)c(C)c1. The zero-order valence-corrected chi connectivity index (χ0v) is 18.8. The predicted molar refractivity (Wildman–Crippen MR) is 123 cm³/mol. The zero-order valence-electron chi connectivity index (χ0n) is 17.1. The minimum atomic E-state index is -3.80. The van der Waals surface area contributed by atoms with Crippen LogP contribution in [0.1, 0.15) is 22.9 Å². The number of carbonyl (C=O) groups is 2. The monoisotopic (exact) mass is 457 g/mol. The maximum absolute atomic E-state index is 12.8. The van der Waals surface area contributed by atoms with Crippen molar-refractivity contribution in [3.63, 3.8) is 0 Å². The number of benzene rings is 2. The third kappa shape index (κ3) is 6.40. The minimum Gasteiger partial charge on any atom is -0.351 e. The van der Waals surface area contributed by atoms with Gasteiger partial charge in [-0.15, -0.1) is 11.3 Å². The molecule has 0 spiro atoms. The smallest absolute Gasteiger partial charge is 0.262 e. The highest BCUT2D eigenvalue weighted by atomic mass is 32.2. The highest BCUT2D eigenvalue weighted by molar-refractivity contribution is 7.92. The number of thiophene rings is 1. The van der Waals surface area contributed by atoms with Gasteiger partial charge >= 0.3 is 0 Å². The van der Waals surface area contributed by atoms with E-state index in [1.165, 1.54) is 13.0 Å². The van der Waals surface area contributed by atoms with Crippen LogP contribution in [0.15, 0.2) is 64.9 Å². The van der Waals surface area contributed by atoms with Crippen LogP contribution < -0.4 is 15.4 Å². The summed E-state index contributed by atoms with van der Waals surface area (Å²) in [6.07, 6.45) is 0.210. The molecular weight excluding hydrogens is 434 g/mol. The van der Waals surface area contributed by atoms with Crippen molar-refractivity contribution in [2.45, 2.75) is 31.7 Å². The molecule has 0 saturated heterocycles. The van der Waals surface area contributed by atoms with E-state index in [-0.39, 0.29) is 23.1 Å². The molecule has 2 amide bonds. The molecule has 0 radical (unpaired) electrons. The molecule has 0 fully saturated rings. The molecule has 9 heteroatoms. The number of anilines is 2. The number of sulfonamides is 1. The summed E-state index contributed by atoms with van der Waals surface area (Å²) in [6.45, 7) is 3.55. The lowest BCUT2D eigenvalue weighted by atomic mass is 10.1. The summed E-state index contributed by atoms with van der Waals surface area (Å²) in [7, 11) is -3.80. The topological polar surface area (TPSA) is 104 Å². The standard InChI is InChI=1S/C22H23N3O4S2/c1-15-12-19(24-16(2)26)9-10-21(15)31(28,29)25-18-7-5-17(6-8-18)13-22(27)23-14-20-4-3-11-30-20/h3-12,25H,13-14H2,1-2H3,(H,23,27)(H,24,26). The van der Waals surface area contributed by atoms with Crippen LogP contribution in [0.25, 0.3) is 0 Å². The fourth-order valence-electron chi connectivity index (χ4n) is 2.98. The van der Waals surface area contributed by atoms with Gasteiger partial charge in [-0.25, -0.2) is 8.42 Å². The van der Waals surface area contributed by atoms with Gasteiger partial charge in [0.15, 0.2) is 0 Å². The first-order valence-corrected chi connectivity index (χ1v) is 11.9. The lowest BCUT2D eigenvalue weighted by Gasteiger charge is -2.12. The maximum Gasteiger partial charge on any atom is 0.262 e. The van der Waals surface area contributed by atoms with Crippen molar-refractivity contribution in [2.75, 3.05) is 10.0 Å². The lowest BCUT2D eigenvalue weighted by molar-refractivity contribution is -0.120. The van der Waals surface area contributed by atoms with E-state index in [9.17, 15) is 18.0 Å². The Morgan fingerprint density at radius 3 is 2.32 bits per heavy atom. The Kier molecular flexibility index (Phi) is 7.09. The van der Waals surface area contributed by atoms with Crippen LogP contribution in [0.3, 0.4) is 0 Å². The fraction of sp³-hybridized carbons (Fsp3) is 0.182. The van der Waals surface area contributed by atoms with Gasteiger partial charge in [0.05, 0.1) is 17.9 Å². The molecule has 0 aliphatic rings. The first kappa shape index (κ1) is 22.5. The third-order valence-electron chi connectivity index (χ3n) is 4.40. The minimum absolute atomic E-state index is 0.100. The van der Waals surface area contributed by atoms with Gasteiger partial charge < -0.3 is 10.6 Å². The number of amides is 2. The molecule has 7 nitrogen and oxygen atoms in total. The van der Waals surface area contributed by atoms with Crippen molar-refractivity contribution >= 4 is 44.5 Å². The van der Waals surface area contributed by atoms with E-state index in [2.05, 4.69) is 15.4 Å². The van der Waals surface area contributed by atoms with Crippen molar-refractivity contribution < 1.29 is 18.0 Å². The van der Waals surface area contributed by atoms with Crippen molar-refractivity contribution in [3.05, 3.63) is 76.0 Å². The first-order valence-electron chi connectivity index (χ1n) is 9.52. The van der Waals surface area contributed by atoms with Gasteiger partial charge in [0.25, 0.3) is 10.0 Å². The normalized spacial score (nSPS) is 11.0.